The van der Waals surface area contributed by atoms with Gasteiger partial charge in [-0.25, -0.2) is 14.2 Å². The number of halogens is 1. The summed E-state index contributed by atoms with van der Waals surface area (Å²) in [5.74, 6) is -4.14. The molecule has 1 aromatic carbocycles. The summed E-state index contributed by atoms with van der Waals surface area (Å²) in [6, 6.07) is 4.40. The Morgan fingerprint density at radius 3 is 2.50 bits per heavy atom. The van der Waals surface area contributed by atoms with Gasteiger partial charge in [0.2, 0.25) is 5.78 Å². The number of aryl methyl sites for hydroxylation is 1. The highest BCUT2D eigenvalue weighted by Gasteiger charge is 2.22. The summed E-state index contributed by atoms with van der Waals surface area (Å²) in [7, 11) is 1.20. The van der Waals surface area contributed by atoms with Gasteiger partial charge in [-0.2, -0.15) is 0 Å². The number of carbonyl (C=O) groups is 3. The van der Waals surface area contributed by atoms with E-state index in [9.17, 15) is 18.8 Å². The number of Topliss-reactive ketones (excluding diaryl/α,β-unsaturated/α-hetero) is 1. The lowest BCUT2D eigenvalue weighted by Gasteiger charge is -2.19. The van der Waals surface area contributed by atoms with Gasteiger partial charge in [-0.3, -0.25) is 14.4 Å². The van der Waals surface area contributed by atoms with Crippen LogP contribution in [0.2, 0.25) is 0 Å². The summed E-state index contributed by atoms with van der Waals surface area (Å²) in [6.07, 6.45) is -0.808. The lowest BCUT2D eigenvalue weighted by atomic mass is 10.1. The maximum absolute atomic E-state index is 13.4. The average molecular weight is 283 g/mol. The molecule has 1 aromatic rings. The van der Waals surface area contributed by atoms with Crippen molar-refractivity contribution in [3.63, 3.8) is 0 Å². The first kappa shape index (κ1) is 15.8. The molecule has 0 aliphatic rings. The van der Waals surface area contributed by atoms with Gasteiger partial charge in [0.15, 0.2) is 0 Å². The number of hydrogen-bond acceptors (Lipinski definition) is 4. The summed E-state index contributed by atoms with van der Waals surface area (Å²) in [5.41, 5.74) is 0.927. The third kappa shape index (κ3) is 4.13. The summed E-state index contributed by atoms with van der Waals surface area (Å²) in [6.45, 7) is 1.52. The van der Waals surface area contributed by atoms with Gasteiger partial charge in [0.05, 0.1) is 20.1 Å². The zero-order valence-electron chi connectivity index (χ0n) is 11.1. The Morgan fingerprint density at radius 2 is 2.00 bits per heavy atom. The van der Waals surface area contributed by atoms with Gasteiger partial charge in [-0.1, -0.05) is 12.1 Å². The number of amides is 1. The van der Waals surface area contributed by atoms with Gasteiger partial charge in [-0.05, 0) is 24.1 Å². The van der Waals surface area contributed by atoms with Crippen molar-refractivity contribution in [2.45, 2.75) is 19.9 Å². The molecule has 0 fully saturated rings. The molecule has 0 heterocycles. The van der Waals surface area contributed by atoms with E-state index in [-0.39, 0.29) is 6.54 Å². The molecule has 0 aliphatic carbocycles. The summed E-state index contributed by atoms with van der Waals surface area (Å²) >= 11 is 0. The van der Waals surface area contributed by atoms with E-state index in [0.717, 1.165) is 5.06 Å². The fourth-order valence-electron chi connectivity index (χ4n) is 1.46. The molecule has 0 spiro atoms. The summed E-state index contributed by atoms with van der Waals surface area (Å²) < 4.78 is 13.4. The van der Waals surface area contributed by atoms with Crippen molar-refractivity contribution < 1.29 is 28.7 Å². The molecule has 20 heavy (non-hydrogen) atoms. The molecule has 1 rings (SSSR count). The van der Waals surface area contributed by atoms with Crippen molar-refractivity contribution in [2.24, 2.45) is 0 Å². The molecule has 0 aliphatic heterocycles. The van der Waals surface area contributed by atoms with Crippen LogP contribution in [-0.2, 0) is 25.8 Å². The second-order valence-corrected chi connectivity index (χ2v) is 4.10. The molecule has 6 nitrogen and oxygen atoms in total. The summed E-state index contributed by atoms with van der Waals surface area (Å²) in [5, 5.41) is 9.24. The number of nitrogens with zero attached hydrogens (tertiary/aromatic N) is 1. The molecule has 0 atom stereocenters. The quantitative estimate of drug-likeness (QED) is 0.479. The van der Waals surface area contributed by atoms with Crippen LogP contribution in [0.3, 0.4) is 0 Å². The molecule has 0 radical (unpaired) electrons. The predicted molar refractivity (Wildman–Crippen MR) is 66.0 cm³/mol. The van der Waals surface area contributed by atoms with Gasteiger partial charge in [-0.15, -0.1) is 0 Å². The Bertz CT molecular complexity index is 544. The fraction of sp³-hybridized carbons (Fsp3) is 0.308. The average Bonchev–Trinajstić information content (AvgIpc) is 2.39. The topological polar surface area (TPSA) is 83.9 Å². The van der Waals surface area contributed by atoms with Crippen molar-refractivity contribution in [1.82, 2.24) is 5.06 Å². The van der Waals surface area contributed by atoms with Gasteiger partial charge in [0, 0.05) is 0 Å². The second kappa shape index (κ2) is 6.76. The number of carbonyl (C=O) groups excluding carboxylic acids is 2. The number of carboxylic acids is 1. The molecule has 108 valence electrons. The third-order valence-corrected chi connectivity index (χ3v) is 2.61. The molecule has 1 amide bonds. The van der Waals surface area contributed by atoms with Gasteiger partial charge in [0.25, 0.3) is 5.91 Å². The van der Waals surface area contributed by atoms with Crippen LogP contribution in [0.25, 0.3) is 0 Å². The fourth-order valence-corrected chi connectivity index (χ4v) is 1.46. The second-order valence-electron chi connectivity index (χ2n) is 4.10. The first-order valence-electron chi connectivity index (χ1n) is 5.70. The van der Waals surface area contributed by atoms with Crippen LogP contribution in [0, 0.1) is 12.7 Å². The number of benzene rings is 1. The van der Waals surface area contributed by atoms with Crippen molar-refractivity contribution in [3.8, 4) is 0 Å². The first-order valence-corrected chi connectivity index (χ1v) is 5.70. The molecule has 7 heteroatoms. The lowest BCUT2D eigenvalue weighted by Crippen LogP contribution is -2.32. The Morgan fingerprint density at radius 1 is 1.35 bits per heavy atom. The van der Waals surface area contributed by atoms with E-state index in [1.807, 2.05) is 0 Å². The van der Waals surface area contributed by atoms with Crippen molar-refractivity contribution in [3.05, 3.63) is 35.1 Å². The number of ketones is 1. The van der Waals surface area contributed by atoms with Crippen molar-refractivity contribution in [2.75, 3.05) is 7.11 Å². The van der Waals surface area contributed by atoms with E-state index in [1.165, 1.54) is 13.2 Å². The molecule has 0 unspecified atom stereocenters. The molecular formula is C13H14FNO5. The SMILES string of the molecule is CON(Cc1ccc(C)c(F)c1)C(=O)CC(=O)C(=O)O. The van der Waals surface area contributed by atoms with Crippen molar-refractivity contribution >= 4 is 17.7 Å². The van der Waals surface area contributed by atoms with Gasteiger partial charge >= 0.3 is 5.97 Å². The molecule has 0 bridgehead atoms. The number of hydroxylamine groups is 2. The van der Waals surface area contributed by atoms with E-state index < -0.39 is 29.9 Å². The smallest absolute Gasteiger partial charge is 0.372 e. The third-order valence-electron chi connectivity index (χ3n) is 2.61. The van der Waals surface area contributed by atoms with Gasteiger partial charge in [0.1, 0.15) is 5.82 Å². The Kier molecular flexibility index (Phi) is 5.33. The van der Waals surface area contributed by atoms with Crippen LogP contribution >= 0.6 is 0 Å². The highest BCUT2D eigenvalue weighted by molar-refractivity contribution is 6.36. The number of rotatable bonds is 6. The lowest BCUT2D eigenvalue weighted by molar-refractivity contribution is -0.180. The van der Waals surface area contributed by atoms with E-state index in [4.69, 9.17) is 9.94 Å². The molecule has 0 saturated heterocycles. The summed E-state index contributed by atoms with van der Waals surface area (Å²) in [4.78, 5) is 37.8. The maximum Gasteiger partial charge on any atom is 0.372 e. The highest BCUT2D eigenvalue weighted by atomic mass is 19.1. The van der Waals surface area contributed by atoms with Crippen LogP contribution in [-0.4, -0.2) is 34.9 Å². The Balaban J connectivity index is 2.75. The standard InChI is InChI=1S/C13H14FNO5/c1-8-3-4-9(5-10(8)14)7-15(20-2)12(17)6-11(16)13(18)19/h3-5H,6-7H2,1-2H3,(H,18,19). The minimum atomic E-state index is -1.68. The Labute approximate surface area is 114 Å². The van der Waals surface area contributed by atoms with Gasteiger partial charge < -0.3 is 5.11 Å². The zero-order valence-corrected chi connectivity index (χ0v) is 11.1. The first-order chi connectivity index (χ1) is 9.35. The van der Waals surface area contributed by atoms with Crippen molar-refractivity contribution in [1.29, 1.82) is 0 Å². The number of hydrogen-bond donors (Lipinski definition) is 1. The van der Waals surface area contributed by atoms with E-state index in [1.54, 1.807) is 19.1 Å². The van der Waals surface area contributed by atoms with Crippen LogP contribution in [0.5, 0.6) is 0 Å². The Hall–Kier alpha value is -2.28. The normalized spacial score (nSPS) is 10.2. The highest BCUT2D eigenvalue weighted by Crippen LogP contribution is 2.12. The molecular weight excluding hydrogens is 269 g/mol. The minimum absolute atomic E-state index is 0.0839. The predicted octanol–water partition coefficient (Wildman–Crippen LogP) is 1.07. The molecule has 0 aromatic heterocycles. The van der Waals surface area contributed by atoms with Crippen LogP contribution in [0.15, 0.2) is 18.2 Å². The van der Waals surface area contributed by atoms with Crippen LogP contribution in [0.1, 0.15) is 17.5 Å². The van der Waals surface area contributed by atoms with E-state index in [0.29, 0.717) is 11.1 Å². The maximum atomic E-state index is 13.4. The zero-order chi connectivity index (χ0) is 15.3. The number of carboxylic acid groups (broad SMARTS) is 1. The largest absolute Gasteiger partial charge is 0.475 e. The minimum Gasteiger partial charge on any atom is -0.475 e. The number of aliphatic carboxylic acids is 1. The van der Waals surface area contributed by atoms with E-state index in [2.05, 4.69) is 0 Å². The molecule has 0 saturated carbocycles. The van der Waals surface area contributed by atoms with Crippen LogP contribution in [0.4, 0.5) is 4.39 Å². The molecule has 1 N–H and O–H groups in total. The van der Waals surface area contributed by atoms with E-state index >= 15 is 0 Å². The monoisotopic (exact) mass is 283 g/mol. The van der Waals surface area contributed by atoms with Crippen LogP contribution < -0.4 is 0 Å².